The molecule has 1 aromatic carbocycles. The third-order valence-corrected chi connectivity index (χ3v) is 2.89. The van der Waals surface area contributed by atoms with Crippen molar-refractivity contribution >= 4 is 23.4 Å². The summed E-state index contributed by atoms with van der Waals surface area (Å²) in [4.78, 5) is 11.4. The van der Waals surface area contributed by atoms with Crippen LogP contribution in [0, 0.1) is 0 Å². The first-order chi connectivity index (χ1) is 8.19. The number of methoxy groups -OCH3 is 1. The largest absolute Gasteiger partial charge is 0.494 e. The highest BCUT2D eigenvalue weighted by Gasteiger charge is 2.10. The van der Waals surface area contributed by atoms with Crippen LogP contribution in [-0.2, 0) is 4.74 Å². The van der Waals surface area contributed by atoms with Gasteiger partial charge in [0.15, 0.2) is 0 Å². The molecule has 2 N–H and O–H groups in total. The van der Waals surface area contributed by atoms with Crippen LogP contribution < -0.4 is 10.5 Å². The number of carbonyl (C=O) groups is 1. The van der Waals surface area contributed by atoms with E-state index in [-0.39, 0.29) is 0 Å². The third-order valence-electron chi connectivity index (χ3n) is 2.19. The average Bonchev–Trinajstić information content (AvgIpc) is 2.35. The highest BCUT2D eigenvalue weighted by molar-refractivity contribution is 7.98. The zero-order valence-corrected chi connectivity index (χ0v) is 10.9. The SMILES string of the molecule is COC(=O)c1cc(OCCCSC)ccc1N. The number of esters is 1. The molecule has 0 fully saturated rings. The lowest BCUT2D eigenvalue weighted by molar-refractivity contribution is 0.0601. The molecule has 5 heteroatoms. The number of anilines is 1. The quantitative estimate of drug-likeness (QED) is 0.479. The Morgan fingerprint density at radius 2 is 2.24 bits per heavy atom. The van der Waals surface area contributed by atoms with Crippen molar-refractivity contribution in [2.24, 2.45) is 0 Å². The predicted molar refractivity (Wildman–Crippen MR) is 70.7 cm³/mol. The Hall–Kier alpha value is -1.36. The molecule has 17 heavy (non-hydrogen) atoms. The van der Waals surface area contributed by atoms with Crippen molar-refractivity contribution in [2.45, 2.75) is 6.42 Å². The molecule has 0 spiro atoms. The second kappa shape index (κ2) is 7.06. The molecule has 1 aromatic rings. The molecule has 0 saturated carbocycles. The summed E-state index contributed by atoms with van der Waals surface area (Å²) in [6.45, 7) is 0.630. The van der Waals surface area contributed by atoms with Crippen LogP contribution >= 0.6 is 11.8 Å². The van der Waals surface area contributed by atoms with E-state index in [0.29, 0.717) is 23.6 Å². The van der Waals surface area contributed by atoms with Crippen molar-refractivity contribution in [1.29, 1.82) is 0 Å². The van der Waals surface area contributed by atoms with Crippen molar-refractivity contribution in [3.8, 4) is 5.75 Å². The second-order valence-corrected chi connectivity index (χ2v) is 4.42. The lowest BCUT2D eigenvalue weighted by Gasteiger charge is -2.08. The van der Waals surface area contributed by atoms with Gasteiger partial charge in [-0.2, -0.15) is 11.8 Å². The van der Waals surface area contributed by atoms with Crippen LogP contribution in [-0.4, -0.2) is 31.7 Å². The van der Waals surface area contributed by atoms with Gasteiger partial charge in [-0.3, -0.25) is 0 Å². The van der Waals surface area contributed by atoms with Crippen molar-refractivity contribution in [1.82, 2.24) is 0 Å². The number of ether oxygens (including phenoxy) is 2. The fraction of sp³-hybridized carbons (Fsp3) is 0.417. The zero-order valence-electron chi connectivity index (χ0n) is 10.1. The first kappa shape index (κ1) is 13.7. The fourth-order valence-corrected chi connectivity index (χ4v) is 1.71. The van der Waals surface area contributed by atoms with E-state index in [0.717, 1.165) is 12.2 Å². The summed E-state index contributed by atoms with van der Waals surface area (Å²) in [6, 6.07) is 5.01. The number of rotatable bonds is 6. The van der Waals surface area contributed by atoms with Gasteiger partial charge in [0.2, 0.25) is 0 Å². The van der Waals surface area contributed by atoms with E-state index in [1.54, 1.807) is 30.0 Å². The summed E-state index contributed by atoms with van der Waals surface area (Å²) >= 11 is 1.78. The summed E-state index contributed by atoms with van der Waals surface area (Å²) < 4.78 is 10.2. The van der Waals surface area contributed by atoms with E-state index < -0.39 is 5.97 Å². The Kier molecular flexibility index (Phi) is 5.69. The van der Waals surface area contributed by atoms with Gasteiger partial charge in [0.05, 0.1) is 19.3 Å². The fourth-order valence-electron chi connectivity index (χ4n) is 1.31. The zero-order chi connectivity index (χ0) is 12.7. The Bertz CT molecular complexity index is 382. The van der Waals surface area contributed by atoms with Crippen molar-refractivity contribution < 1.29 is 14.3 Å². The van der Waals surface area contributed by atoms with Crippen molar-refractivity contribution in [2.75, 3.05) is 31.5 Å². The number of nitrogens with two attached hydrogens (primary N) is 1. The van der Waals surface area contributed by atoms with Gasteiger partial charge in [0.25, 0.3) is 0 Å². The van der Waals surface area contributed by atoms with Crippen LogP contribution in [0.3, 0.4) is 0 Å². The standard InChI is InChI=1S/C12H17NO3S/c1-15-12(14)10-8-9(4-5-11(10)13)16-6-3-7-17-2/h4-5,8H,3,6-7,13H2,1-2H3. The molecular weight excluding hydrogens is 238 g/mol. The molecule has 1 rings (SSSR count). The topological polar surface area (TPSA) is 61.5 Å². The van der Waals surface area contributed by atoms with Gasteiger partial charge in [-0.25, -0.2) is 4.79 Å². The van der Waals surface area contributed by atoms with Gasteiger partial charge < -0.3 is 15.2 Å². The van der Waals surface area contributed by atoms with Gasteiger partial charge in [-0.15, -0.1) is 0 Å². The smallest absolute Gasteiger partial charge is 0.340 e. The summed E-state index contributed by atoms with van der Waals surface area (Å²) in [7, 11) is 1.33. The summed E-state index contributed by atoms with van der Waals surface area (Å²) in [5.41, 5.74) is 6.42. The van der Waals surface area contributed by atoms with E-state index in [1.165, 1.54) is 7.11 Å². The van der Waals surface area contributed by atoms with E-state index in [9.17, 15) is 4.79 Å². The molecule has 0 bridgehead atoms. The van der Waals surface area contributed by atoms with Gasteiger partial charge >= 0.3 is 5.97 Å². The van der Waals surface area contributed by atoms with E-state index >= 15 is 0 Å². The molecule has 0 radical (unpaired) electrons. The molecule has 0 amide bonds. The molecule has 0 unspecified atom stereocenters. The molecule has 0 aliphatic carbocycles. The second-order valence-electron chi connectivity index (χ2n) is 3.44. The van der Waals surface area contributed by atoms with Gasteiger partial charge in [0.1, 0.15) is 5.75 Å². The number of hydrogen-bond acceptors (Lipinski definition) is 5. The lowest BCUT2D eigenvalue weighted by atomic mass is 10.2. The van der Waals surface area contributed by atoms with Gasteiger partial charge in [-0.05, 0) is 36.6 Å². The molecule has 4 nitrogen and oxygen atoms in total. The van der Waals surface area contributed by atoms with E-state index in [4.69, 9.17) is 10.5 Å². The maximum Gasteiger partial charge on any atom is 0.340 e. The molecule has 0 aliphatic rings. The Morgan fingerprint density at radius 1 is 1.47 bits per heavy atom. The predicted octanol–water partition coefficient (Wildman–Crippen LogP) is 2.19. The number of thioether (sulfide) groups is 1. The molecule has 0 saturated heterocycles. The van der Waals surface area contributed by atoms with E-state index in [1.807, 2.05) is 0 Å². The molecule has 0 aromatic heterocycles. The maximum absolute atomic E-state index is 11.4. The normalized spacial score (nSPS) is 10.0. The van der Waals surface area contributed by atoms with Gasteiger partial charge in [0, 0.05) is 5.69 Å². The van der Waals surface area contributed by atoms with Crippen LogP contribution in [0.15, 0.2) is 18.2 Å². The number of nitrogen functional groups attached to an aromatic ring is 1. The van der Waals surface area contributed by atoms with Crippen LogP contribution in [0.25, 0.3) is 0 Å². The highest BCUT2D eigenvalue weighted by Crippen LogP contribution is 2.20. The minimum atomic E-state index is -0.447. The Balaban J connectivity index is 2.65. The van der Waals surface area contributed by atoms with Crippen LogP contribution in [0.2, 0.25) is 0 Å². The first-order valence-electron chi connectivity index (χ1n) is 5.28. The molecule has 94 valence electrons. The van der Waals surface area contributed by atoms with E-state index in [2.05, 4.69) is 11.0 Å². The minimum Gasteiger partial charge on any atom is -0.494 e. The molecule has 0 heterocycles. The summed E-state index contributed by atoms with van der Waals surface area (Å²) in [6.07, 6.45) is 3.03. The highest BCUT2D eigenvalue weighted by atomic mass is 32.2. The monoisotopic (exact) mass is 255 g/mol. The third kappa shape index (κ3) is 4.19. The minimum absolute atomic E-state index is 0.342. The first-order valence-corrected chi connectivity index (χ1v) is 6.68. The van der Waals surface area contributed by atoms with Crippen molar-refractivity contribution in [3.05, 3.63) is 23.8 Å². The summed E-state index contributed by atoms with van der Waals surface area (Å²) in [5, 5.41) is 0. The van der Waals surface area contributed by atoms with Crippen LogP contribution in [0.1, 0.15) is 16.8 Å². The van der Waals surface area contributed by atoms with Crippen LogP contribution in [0.5, 0.6) is 5.75 Å². The lowest BCUT2D eigenvalue weighted by Crippen LogP contribution is -2.06. The number of carbonyl (C=O) groups excluding carboxylic acids is 1. The summed E-state index contributed by atoms with van der Waals surface area (Å²) in [5.74, 6) is 1.25. The molecule has 0 aliphatic heterocycles. The van der Waals surface area contributed by atoms with Gasteiger partial charge in [-0.1, -0.05) is 0 Å². The Labute approximate surface area is 105 Å². The molecular formula is C12H17NO3S. The number of hydrogen-bond donors (Lipinski definition) is 1. The molecule has 0 atom stereocenters. The number of benzene rings is 1. The van der Waals surface area contributed by atoms with Crippen molar-refractivity contribution in [3.63, 3.8) is 0 Å². The Morgan fingerprint density at radius 3 is 2.88 bits per heavy atom. The van der Waals surface area contributed by atoms with Crippen LogP contribution in [0.4, 0.5) is 5.69 Å². The average molecular weight is 255 g/mol. The maximum atomic E-state index is 11.4.